The van der Waals surface area contributed by atoms with Crippen LogP contribution in [0.15, 0.2) is 60.7 Å². The van der Waals surface area contributed by atoms with Crippen molar-refractivity contribution in [1.82, 2.24) is 15.0 Å². The van der Waals surface area contributed by atoms with Crippen molar-refractivity contribution in [3.05, 3.63) is 71.8 Å². The Balaban J connectivity index is 1.44. The normalized spacial score (nSPS) is 11.1. The molecule has 33 heavy (non-hydrogen) atoms. The SMILES string of the molecule is CCOc1ccc(-n2nc3cc(C)c(NC(=O)COc4ccc(C(C)C)cc4)cc3n2)cc1. The molecular weight excluding hydrogens is 416 g/mol. The quantitative estimate of drug-likeness (QED) is 0.401. The van der Waals surface area contributed by atoms with Crippen molar-refractivity contribution in [2.75, 3.05) is 18.5 Å². The van der Waals surface area contributed by atoms with Crippen molar-refractivity contribution < 1.29 is 14.3 Å². The lowest BCUT2D eigenvalue weighted by Gasteiger charge is -2.10. The third-order valence-electron chi connectivity index (χ3n) is 5.30. The number of hydrogen-bond acceptors (Lipinski definition) is 5. The Morgan fingerprint density at radius 2 is 1.55 bits per heavy atom. The zero-order valence-electron chi connectivity index (χ0n) is 19.3. The third kappa shape index (κ3) is 5.31. The summed E-state index contributed by atoms with van der Waals surface area (Å²) in [6.45, 7) is 8.70. The first-order chi connectivity index (χ1) is 15.9. The minimum absolute atomic E-state index is 0.0721. The van der Waals surface area contributed by atoms with Crippen LogP contribution in [0.4, 0.5) is 5.69 Å². The summed E-state index contributed by atoms with van der Waals surface area (Å²) < 4.78 is 11.1. The van der Waals surface area contributed by atoms with Crippen LogP contribution in [-0.4, -0.2) is 34.1 Å². The maximum absolute atomic E-state index is 12.5. The number of aryl methyl sites for hydroxylation is 1. The van der Waals surface area contributed by atoms with Gasteiger partial charge in [-0.2, -0.15) is 4.80 Å². The van der Waals surface area contributed by atoms with Crippen LogP contribution in [-0.2, 0) is 4.79 Å². The van der Waals surface area contributed by atoms with Gasteiger partial charge >= 0.3 is 0 Å². The van der Waals surface area contributed by atoms with Gasteiger partial charge in [-0.1, -0.05) is 26.0 Å². The Bertz CT molecular complexity index is 1250. The molecule has 0 radical (unpaired) electrons. The van der Waals surface area contributed by atoms with Crippen LogP contribution in [0.3, 0.4) is 0 Å². The van der Waals surface area contributed by atoms with Crippen molar-refractivity contribution in [2.45, 2.75) is 33.6 Å². The van der Waals surface area contributed by atoms with Crippen LogP contribution in [0, 0.1) is 6.92 Å². The summed E-state index contributed by atoms with van der Waals surface area (Å²) in [6, 6.07) is 19.1. The van der Waals surface area contributed by atoms with Crippen molar-refractivity contribution in [2.24, 2.45) is 0 Å². The smallest absolute Gasteiger partial charge is 0.262 e. The van der Waals surface area contributed by atoms with E-state index in [0.717, 1.165) is 22.5 Å². The first kappa shape index (κ1) is 22.3. The molecule has 0 unspecified atom stereocenters. The molecule has 3 aromatic carbocycles. The van der Waals surface area contributed by atoms with Gasteiger partial charge in [0.25, 0.3) is 5.91 Å². The molecule has 0 bridgehead atoms. The molecular formula is C26H28N4O3. The lowest BCUT2D eigenvalue weighted by Crippen LogP contribution is -2.20. The summed E-state index contributed by atoms with van der Waals surface area (Å²) in [7, 11) is 0. The fraction of sp³-hybridized carbons (Fsp3) is 0.269. The number of amides is 1. The van der Waals surface area contributed by atoms with Gasteiger partial charge in [-0.3, -0.25) is 4.79 Å². The van der Waals surface area contributed by atoms with Crippen molar-refractivity contribution in [3.63, 3.8) is 0 Å². The average molecular weight is 445 g/mol. The molecule has 0 aliphatic rings. The van der Waals surface area contributed by atoms with E-state index in [1.165, 1.54) is 5.56 Å². The van der Waals surface area contributed by atoms with E-state index >= 15 is 0 Å². The first-order valence-electron chi connectivity index (χ1n) is 11.1. The van der Waals surface area contributed by atoms with E-state index < -0.39 is 0 Å². The highest BCUT2D eigenvalue weighted by molar-refractivity contribution is 5.95. The van der Waals surface area contributed by atoms with E-state index in [1.807, 2.05) is 74.5 Å². The summed E-state index contributed by atoms with van der Waals surface area (Å²) in [5, 5.41) is 12.0. The Hall–Kier alpha value is -3.87. The van der Waals surface area contributed by atoms with E-state index in [0.29, 0.717) is 29.5 Å². The second-order valence-corrected chi connectivity index (χ2v) is 8.13. The molecule has 0 spiro atoms. The molecule has 0 aliphatic carbocycles. The summed E-state index contributed by atoms with van der Waals surface area (Å²) >= 11 is 0. The van der Waals surface area contributed by atoms with E-state index in [4.69, 9.17) is 9.47 Å². The summed E-state index contributed by atoms with van der Waals surface area (Å²) in [5.41, 5.74) is 5.08. The molecule has 7 heteroatoms. The molecule has 0 atom stereocenters. The second kappa shape index (κ2) is 9.73. The highest BCUT2D eigenvalue weighted by Crippen LogP contribution is 2.23. The highest BCUT2D eigenvalue weighted by atomic mass is 16.5. The van der Waals surface area contributed by atoms with Crippen LogP contribution in [0.2, 0.25) is 0 Å². The molecule has 1 heterocycles. The van der Waals surface area contributed by atoms with Gasteiger partial charge in [0.2, 0.25) is 0 Å². The van der Waals surface area contributed by atoms with Crippen molar-refractivity contribution >= 4 is 22.6 Å². The maximum Gasteiger partial charge on any atom is 0.262 e. The molecule has 0 saturated heterocycles. The summed E-state index contributed by atoms with van der Waals surface area (Å²) in [6.07, 6.45) is 0. The lowest BCUT2D eigenvalue weighted by molar-refractivity contribution is -0.118. The maximum atomic E-state index is 12.5. The zero-order valence-corrected chi connectivity index (χ0v) is 19.3. The Kier molecular flexibility index (Phi) is 6.58. The molecule has 0 fully saturated rings. The number of anilines is 1. The Morgan fingerprint density at radius 1 is 0.939 bits per heavy atom. The molecule has 7 nitrogen and oxygen atoms in total. The molecule has 1 aromatic heterocycles. The number of carbonyl (C=O) groups is 1. The Labute approximate surface area is 193 Å². The van der Waals surface area contributed by atoms with Gasteiger partial charge in [-0.05, 0) is 79.4 Å². The van der Waals surface area contributed by atoms with Crippen LogP contribution in [0.1, 0.15) is 37.8 Å². The lowest BCUT2D eigenvalue weighted by atomic mass is 10.0. The molecule has 0 aliphatic heterocycles. The summed E-state index contributed by atoms with van der Waals surface area (Å²) in [5.74, 6) is 1.69. The second-order valence-electron chi connectivity index (χ2n) is 8.13. The molecule has 0 saturated carbocycles. The van der Waals surface area contributed by atoms with Gasteiger partial charge in [-0.15, -0.1) is 10.2 Å². The van der Waals surface area contributed by atoms with Crippen molar-refractivity contribution in [3.8, 4) is 17.2 Å². The molecule has 1 N–H and O–H groups in total. The van der Waals surface area contributed by atoms with Gasteiger partial charge in [0, 0.05) is 5.69 Å². The fourth-order valence-corrected chi connectivity index (χ4v) is 3.44. The van der Waals surface area contributed by atoms with Gasteiger partial charge < -0.3 is 14.8 Å². The minimum atomic E-state index is -0.232. The monoisotopic (exact) mass is 444 g/mol. The van der Waals surface area contributed by atoms with Crippen LogP contribution >= 0.6 is 0 Å². The molecule has 4 rings (SSSR count). The van der Waals surface area contributed by atoms with E-state index in [-0.39, 0.29) is 12.5 Å². The number of hydrogen-bond donors (Lipinski definition) is 1. The topological polar surface area (TPSA) is 78.3 Å². The molecule has 4 aromatic rings. The Morgan fingerprint density at radius 3 is 2.18 bits per heavy atom. The number of rotatable bonds is 8. The molecule has 1 amide bonds. The number of benzene rings is 3. The average Bonchev–Trinajstić information content (AvgIpc) is 3.21. The number of carbonyl (C=O) groups excluding carboxylic acids is 1. The third-order valence-corrected chi connectivity index (χ3v) is 5.30. The summed E-state index contributed by atoms with van der Waals surface area (Å²) in [4.78, 5) is 14.1. The number of aromatic nitrogens is 3. The predicted molar refractivity (Wildman–Crippen MR) is 129 cm³/mol. The van der Waals surface area contributed by atoms with Crippen molar-refractivity contribution in [1.29, 1.82) is 0 Å². The van der Waals surface area contributed by atoms with Crippen LogP contribution < -0.4 is 14.8 Å². The number of ether oxygens (including phenoxy) is 2. The van der Waals surface area contributed by atoms with E-state index in [9.17, 15) is 4.79 Å². The van der Waals surface area contributed by atoms with Gasteiger partial charge in [0.1, 0.15) is 22.5 Å². The van der Waals surface area contributed by atoms with Gasteiger partial charge in [0.05, 0.1) is 12.3 Å². The van der Waals surface area contributed by atoms with E-state index in [2.05, 4.69) is 29.4 Å². The number of nitrogens with one attached hydrogen (secondary N) is 1. The van der Waals surface area contributed by atoms with E-state index in [1.54, 1.807) is 4.80 Å². The highest BCUT2D eigenvalue weighted by Gasteiger charge is 2.12. The van der Waals surface area contributed by atoms with Crippen LogP contribution in [0.25, 0.3) is 16.7 Å². The zero-order chi connectivity index (χ0) is 23.4. The van der Waals surface area contributed by atoms with Gasteiger partial charge in [0.15, 0.2) is 6.61 Å². The first-order valence-corrected chi connectivity index (χ1v) is 11.1. The predicted octanol–water partition coefficient (Wildman–Crippen LogP) is 5.27. The van der Waals surface area contributed by atoms with Crippen LogP contribution in [0.5, 0.6) is 11.5 Å². The minimum Gasteiger partial charge on any atom is -0.494 e. The number of nitrogens with zero attached hydrogens (tertiary/aromatic N) is 3. The standard InChI is InChI=1S/C26H28N4O3/c1-5-32-21-12-8-20(9-13-21)30-28-24-14-18(4)23(15-25(24)29-30)27-26(31)16-33-22-10-6-19(7-11-22)17(2)3/h6-15,17H,5,16H2,1-4H3,(H,27,31). The fourth-order valence-electron chi connectivity index (χ4n) is 3.44. The van der Waals surface area contributed by atoms with Gasteiger partial charge in [-0.25, -0.2) is 0 Å². The largest absolute Gasteiger partial charge is 0.494 e. The number of fused-ring (bicyclic) bond motifs is 1. The molecule has 170 valence electrons.